The maximum absolute atomic E-state index is 12.3. The zero-order valence-electron chi connectivity index (χ0n) is 11.4. The largest absolute Gasteiger partial charge is 0.298 e. The molecule has 0 bridgehead atoms. The van der Waals surface area contributed by atoms with Crippen LogP contribution >= 0.6 is 11.3 Å². The van der Waals surface area contributed by atoms with Crippen molar-refractivity contribution in [3.05, 3.63) is 46.5 Å². The average Bonchev–Trinajstić information content (AvgIpc) is 3.15. The first-order valence-corrected chi connectivity index (χ1v) is 7.76. The predicted octanol–water partition coefficient (Wildman–Crippen LogP) is 2.15. The van der Waals surface area contributed by atoms with E-state index >= 15 is 0 Å². The topological polar surface area (TPSA) is 79.4 Å². The van der Waals surface area contributed by atoms with Crippen molar-refractivity contribution in [3.63, 3.8) is 0 Å². The number of aromatic nitrogens is 1. The number of imide groups is 1. The molecule has 22 heavy (non-hydrogen) atoms. The third-order valence-electron chi connectivity index (χ3n) is 3.74. The second kappa shape index (κ2) is 4.74. The SMILES string of the molecule is O=C(Nc1nccs1)c1ccc2c(c1)C(=O)N(C1CC1)C2=O. The van der Waals surface area contributed by atoms with Gasteiger partial charge in [-0.25, -0.2) is 4.98 Å². The van der Waals surface area contributed by atoms with Gasteiger partial charge in [0.2, 0.25) is 0 Å². The number of rotatable bonds is 3. The number of benzene rings is 1. The highest BCUT2D eigenvalue weighted by molar-refractivity contribution is 7.13. The Kier molecular flexibility index (Phi) is 2.83. The average molecular weight is 313 g/mol. The van der Waals surface area contributed by atoms with Crippen molar-refractivity contribution in [1.29, 1.82) is 0 Å². The van der Waals surface area contributed by atoms with Crippen molar-refractivity contribution in [2.75, 3.05) is 5.32 Å². The molecule has 1 aromatic heterocycles. The standard InChI is InChI=1S/C15H11N3O3S/c19-12(17-15-16-5-6-22-15)8-1-4-10-11(7-8)14(21)18(13(10)20)9-2-3-9/h1,4-7,9H,2-3H2,(H,16,17,19). The molecule has 1 saturated carbocycles. The lowest BCUT2D eigenvalue weighted by Crippen LogP contribution is -2.31. The Hall–Kier alpha value is -2.54. The first kappa shape index (κ1) is 13.1. The molecule has 7 heteroatoms. The quantitative estimate of drug-likeness (QED) is 0.881. The number of carbonyl (C=O) groups excluding carboxylic acids is 3. The van der Waals surface area contributed by atoms with Crippen molar-refractivity contribution in [2.24, 2.45) is 0 Å². The Bertz CT molecular complexity index is 796. The van der Waals surface area contributed by atoms with E-state index in [9.17, 15) is 14.4 Å². The highest BCUT2D eigenvalue weighted by Gasteiger charge is 2.44. The van der Waals surface area contributed by atoms with Gasteiger partial charge in [-0.1, -0.05) is 0 Å². The molecule has 0 atom stereocenters. The van der Waals surface area contributed by atoms with E-state index in [4.69, 9.17) is 0 Å². The molecule has 3 amide bonds. The Morgan fingerprint density at radius 2 is 2.00 bits per heavy atom. The number of carbonyl (C=O) groups is 3. The second-order valence-electron chi connectivity index (χ2n) is 5.26. The van der Waals surface area contributed by atoms with E-state index in [2.05, 4.69) is 10.3 Å². The number of nitrogens with zero attached hydrogens (tertiary/aromatic N) is 2. The van der Waals surface area contributed by atoms with Crippen molar-refractivity contribution in [1.82, 2.24) is 9.88 Å². The van der Waals surface area contributed by atoms with E-state index in [-0.39, 0.29) is 23.8 Å². The lowest BCUT2D eigenvalue weighted by Gasteiger charge is -2.11. The van der Waals surface area contributed by atoms with Gasteiger partial charge in [0, 0.05) is 23.2 Å². The molecule has 1 aliphatic carbocycles. The van der Waals surface area contributed by atoms with Crippen LogP contribution < -0.4 is 5.32 Å². The number of anilines is 1. The van der Waals surface area contributed by atoms with Gasteiger partial charge in [-0.15, -0.1) is 11.3 Å². The van der Waals surface area contributed by atoms with Crippen LogP contribution in [0.5, 0.6) is 0 Å². The van der Waals surface area contributed by atoms with E-state index < -0.39 is 0 Å². The van der Waals surface area contributed by atoms with Gasteiger partial charge in [0.15, 0.2) is 5.13 Å². The molecular weight excluding hydrogens is 302 g/mol. The molecule has 0 saturated heterocycles. The summed E-state index contributed by atoms with van der Waals surface area (Å²) < 4.78 is 0. The fraction of sp³-hybridized carbons (Fsp3) is 0.200. The van der Waals surface area contributed by atoms with Gasteiger partial charge in [-0.05, 0) is 31.0 Å². The lowest BCUT2D eigenvalue weighted by molar-refractivity contribution is 0.0642. The normalized spacial score (nSPS) is 16.8. The van der Waals surface area contributed by atoms with Crippen LogP contribution in [0.1, 0.15) is 43.9 Å². The first-order chi connectivity index (χ1) is 10.6. The lowest BCUT2D eigenvalue weighted by atomic mass is 10.1. The van der Waals surface area contributed by atoms with Crippen LogP contribution in [-0.2, 0) is 0 Å². The third kappa shape index (κ3) is 2.01. The van der Waals surface area contributed by atoms with Gasteiger partial charge in [0.05, 0.1) is 11.1 Å². The molecule has 0 spiro atoms. The maximum atomic E-state index is 12.3. The third-order valence-corrected chi connectivity index (χ3v) is 4.43. The van der Waals surface area contributed by atoms with Crippen LogP contribution in [0.25, 0.3) is 0 Å². The van der Waals surface area contributed by atoms with E-state index in [1.807, 2.05) is 0 Å². The van der Waals surface area contributed by atoms with Gasteiger partial charge in [0.1, 0.15) is 0 Å². The Labute approximate surface area is 129 Å². The van der Waals surface area contributed by atoms with Gasteiger partial charge in [0.25, 0.3) is 17.7 Å². The predicted molar refractivity (Wildman–Crippen MR) is 80.0 cm³/mol. The van der Waals surface area contributed by atoms with Gasteiger partial charge >= 0.3 is 0 Å². The van der Waals surface area contributed by atoms with E-state index in [0.29, 0.717) is 21.8 Å². The molecule has 2 heterocycles. The van der Waals surface area contributed by atoms with Gasteiger partial charge < -0.3 is 0 Å². The fourth-order valence-corrected chi connectivity index (χ4v) is 3.04. The van der Waals surface area contributed by atoms with E-state index in [1.165, 1.54) is 22.3 Å². The van der Waals surface area contributed by atoms with Crippen molar-refractivity contribution >= 4 is 34.2 Å². The summed E-state index contributed by atoms with van der Waals surface area (Å²) in [7, 11) is 0. The first-order valence-electron chi connectivity index (χ1n) is 6.88. The molecule has 110 valence electrons. The molecule has 1 aliphatic heterocycles. The molecule has 2 aromatic rings. The number of hydrogen-bond donors (Lipinski definition) is 1. The molecule has 4 rings (SSSR count). The van der Waals surface area contributed by atoms with Crippen LogP contribution in [0.4, 0.5) is 5.13 Å². The van der Waals surface area contributed by atoms with Crippen molar-refractivity contribution < 1.29 is 14.4 Å². The Balaban J connectivity index is 1.64. The van der Waals surface area contributed by atoms with Crippen LogP contribution in [0.15, 0.2) is 29.8 Å². The monoisotopic (exact) mass is 313 g/mol. The number of fused-ring (bicyclic) bond motifs is 1. The molecule has 1 fully saturated rings. The fourth-order valence-electron chi connectivity index (χ4n) is 2.52. The summed E-state index contributed by atoms with van der Waals surface area (Å²) in [6, 6.07) is 4.62. The molecule has 0 radical (unpaired) electrons. The minimum absolute atomic E-state index is 0.0278. The Morgan fingerprint density at radius 1 is 1.23 bits per heavy atom. The number of amides is 3. The summed E-state index contributed by atoms with van der Waals surface area (Å²) in [5.74, 6) is -0.899. The summed E-state index contributed by atoms with van der Waals surface area (Å²) in [6.07, 6.45) is 3.32. The minimum atomic E-state index is -0.345. The minimum Gasteiger partial charge on any atom is -0.298 e. The second-order valence-corrected chi connectivity index (χ2v) is 6.16. The zero-order chi connectivity index (χ0) is 15.3. The maximum Gasteiger partial charge on any atom is 0.261 e. The van der Waals surface area contributed by atoms with E-state index in [0.717, 1.165) is 12.8 Å². The highest BCUT2D eigenvalue weighted by atomic mass is 32.1. The van der Waals surface area contributed by atoms with Gasteiger partial charge in [-0.2, -0.15) is 0 Å². The number of thiazole rings is 1. The van der Waals surface area contributed by atoms with Crippen molar-refractivity contribution in [2.45, 2.75) is 18.9 Å². The number of hydrogen-bond acceptors (Lipinski definition) is 5. The summed E-state index contributed by atoms with van der Waals surface area (Å²) in [5, 5.41) is 4.91. The van der Waals surface area contributed by atoms with Crippen molar-refractivity contribution in [3.8, 4) is 0 Å². The van der Waals surface area contributed by atoms with Gasteiger partial charge in [-0.3, -0.25) is 24.6 Å². The summed E-state index contributed by atoms with van der Waals surface area (Å²) in [4.78, 5) is 42.0. The molecule has 6 nitrogen and oxygen atoms in total. The summed E-state index contributed by atoms with van der Waals surface area (Å²) in [6.45, 7) is 0. The smallest absolute Gasteiger partial charge is 0.261 e. The molecule has 1 aromatic carbocycles. The molecule has 1 N–H and O–H groups in total. The number of nitrogens with one attached hydrogen (secondary N) is 1. The summed E-state index contributed by atoms with van der Waals surface area (Å²) >= 11 is 1.31. The summed E-state index contributed by atoms with van der Waals surface area (Å²) in [5.41, 5.74) is 1.03. The van der Waals surface area contributed by atoms with Crippen LogP contribution in [-0.4, -0.2) is 33.6 Å². The highest BCUT2D eigenvalue weighted by Crippen LogP contribution is 2.34. The Morgan fingerprint density at radius 3 is 2.68 bits per heavy atom. The zero-order valence-corrected chi connectivity index (χ0v) is 12.2. The molecule has 0 unspecified atom stereocenters. The van der Waals surface area contributed by atoms with Crippen LogP contribution in [0.2, 0.25) is 0 Å². The molecular formula is C15H11N3O3S. The van der Waals surface area contributed by atoms with Crippen LogP contribution in [0.3, 0.4) is 0 Å². The van der Waals surface area contributed by atoms with Crippen LogP contribution in [0, 0.1) is 0 Å². The molecule has 2 aliphatic rings. The van der Waals surface area contributed by atoms with E-state index in [1.54, 1.807) is 23.7 Å².